The van der Waals surface area contributed by atoms with Crippen molar-refractivity contribution in [1.29, 1.82) is 0 Å². The van der Waals surface area contributed by atoms with Crippen molar-refractivity contribution in [1.82, 2.24) is 25.1 Å². The van der Waals surface area contributed by atoms with Crippen molar-refractivity contribution in [2.45, 2.75) is 44.9 Å². The molecule has 3 aromatic rings. The molecule has 3 heterocycles. The number of hydrogen-bond donors (Lipinski definition) is 3. The highest BCUT2D eigenvalue weighted by Gasteiger charge is 2.38. The number of H-pyrrole nitrogens is 1. The zero-order valence-corrected chi connectivity index (χ0v) is 18.8. The third-order valence-electron chi connectivity index (χ3n) is 6.44. The molecule has 0 bridgehead atoms. The van der Waals surface area contributed by atoms with Crippen molar-refractivity contribution in [3.63, 3.8) is 0 Å². The number of aromatic amines is 1. The number of nitrogens with two attached hydrogens (primary N) is 1. The van der Waals surface area contributed by atoms with Gasteiger partial charge in [0.2, 0.25) is 5.95 Å². The van der Waals surface area contributed by atoms with Gasteiger partial charge in [0, 0.05) is 36.1 Å². The maximum atomic E-state index is 13.2. The molecule has 2 aromatic heterocycles. The molecule has 5 rings (SSSR count). The number of fused-ring (bicyclic) bond motifs is 3. The Hall–Kier alpha value is -3.75. The highest BCUT2D eigenvalue weighted by Crippen LogP contribution is 2.42. The zero-order valence-electron chi connectivity index (χ0n) is 18.8. The molecule has 170 valence electrons. The predicted octanol–water partition coefficient (Wildman–Crippen LogP) is 3.16. The first kappa shape index (κ1) is 21.1. The van der Waals surface area contributed by atoms with E-state index in [9.17, 15) is 9.59 Å². The van der Waals surface area contributed by atoms with Gasteiger partial charge in [0.15, 0.2) is 0 Å². The summed E-state index contributed by atoms with van der Waals surface area (Å²) in [4.78, 5) is 36.2. The van der Waals surface area contributed by atoms with E-state index < -0.39 is 0 Å². The number of carbonyl (C=O) groups excluding carboxylic acids is 2. The molecule has 33 heavy (non-hydrogen) atoms. The molecular formula is C24H27N7O2. The van der Waals surface area contributed by atoms with Gasteiger partial charge in [0.25, 0.3) is 11.8 Å². The third-order valence-corrected chi connectivity index (χ3v) is 6.44. The van der Waals surface area contributed by atoms with Gasteiger partial charge in [0.1, 0.15) is 11.4 Å². The van der Waals surface area contributed by atoms with Gasteiger partial charge in [-0.1, -0.05) is 13.8 Å². The maximum absolute atomic E-state index is 13.2. The molecule has 9 heteroatoms. The summed E-state index contributed by atoms with van der Waals surface area (Å²) in [5.74, 6) is -0.0816. The number of amides is 2. The summed E-state index contributed by atoms with van der Waals surface area (Å²) in [6.45, 7) is 5.74. The number of nitrogens with one attached hydrogen (secondary N) is 2. The minimum absolute atomic E-state index is 0.0388. The van der Waals surface area contributed by atoms with Crippen LogP contribution in [-0.2, 0) is 11.8 Å². The van der Waals surface area contributed by atoms with Crippen LogP contribution in [0.2, 0.25) is 0 Å². The molecule has 0 radical (unpaired) electrons. The number of rotatable bonds is 3. The highest BCUT2D eigenvalue weighted by molar-refractivity contribution is 6.05. The maximum Gasteiger partial charge on any atom is 0.273 e. The number of aromatic nitrogens is 4. The van der Waals surface area contributed by atoms with Gasteiger partial charge in [0.05, 0.1) is 5.69 Å². The lowest BCUT2D eigenvalue weighted by molar-refractivity contribution is 0.0724. The van der Waals surface area contributed by atoms with E-state index in [0.717, 1.165) is 37.1 Å². The quantitative estimate of drug-likeness (QED) is 0.568. The first-order chi connectivity index (χ1) is 15.8. The van der Waals surface area contributed by atoms with Crippen molar-refractivity contribution in [3.8, 4) is 11.4 Å². The van der Waals surface area contributed by atoms with Crippen LogP contribution in [0.1, 0.15) is 65.1 Å². The Kier molecular flexibility index (Phi) is 5.11. The van der Waals surface area contributed by atoms with Crippen LogP contribution in [0.15, 0.2) is 30.5 Å². The lowest BCUT2D eigenvalue weighted by Gasteiger charge is -2.30. The van der Waals surface area contributed by atoms with Crippen LogP contribution in [0.5, 0.6) is 0 Å². The SMILES string of the molecule is CC1(C)Cc2cnc(N)nc2-c2n[nH]c(C(=O)Nc3ccc(C(=O)N4CCCCC4)cc3)c21. The van der Waals surface area contributed by atoms with Crippen LogP contribution in [0.3, 0.4) is 0 Å². The lowest BCUT2D eigenvalue weighted by atomic mass is 9.73. The number of hydrogen-bond acceptors (Lipinski definition) is 6. The van der Waals surface area contributed by atoms with Crippen LogP contribution in [-0.4, -0.2) is 50.0 Å². The van der Waals surface area contributed by atoms with E-state index in [2.05, 4.69) is 39.3 Å². The summed E-state index contributed by atoms with van der Waals surface area (Å²) < 4.78 is 0. The Morgan fingerprint density at radius 1 is 1.09 bits per heavy atom. The molecule has 1 aliphatic carbocycles. The monoisotopic (exact) mass is 445 g/mol. The fourth-order valence-electron chi connectivity index (χ4n) is 4.83. The van der Waals surface area contributed by atoms with Gasteiger partial charge < -0.3 is 16.0 Å². The molecule has 2 aliphatic rings. The van der Waals surface area contributed by atoms with Crippen molar-refractivity contribution in [2.75, 3.05) is 24.1 Å². The molecule has 4 N–H and O–H groups in total. The van der Waals surface area contributed by atoms with Crippen LogP contribution < -0.4 is 11.1 Å². The lowest BCUT2D eigenvalue weighted by Crippen LogP contribution is -2.35. The smallest absolute Gasteiger partial charge is 0.273 e. The fraction of sp³-hybridized carbons (Fsp3) is 0.375. The first-order valence-corrected chi connectivity index (χ1v) is 11.2. The Morgan fingerprint density at radius 3 is 2.55 bits per heavy atom. The van der Waals surface area contributed by atoms with Gasteiger partial charge in [-0.2, -0.15) is 5.10 Å². The van der Waals surface area contributed by atoms with Crippen LogP contribution in [0.4, 0.5) is 11.6 Å². The Balaban J connectivity index is 1.38. The second-order valence-corrected chi connectivity index (χ2v) is 9.37. The standard InChI is InChI=1S/C24H27N7O2/c1-24(2)12-15-13-26-23(25)28-18(15)19-17(24)20(30-29-19)21(32)27-16-8-6-14(7-9-16)22(33)31-10-4-3-5-11-31/h6-9,13H,3-5,10-12H2,1-2H3,(H,27,32)(H,29,30)(H2,25,26,28). The van der Waals surface area contributed by atoms with E-state index >= 15 is 0 Å². The van der Waals surface area contributed by atoms with Gasteiger partial charge in [-0.3, -0.25) is 14.7 Å². The van der Waals surface area contributed by atoms with E-state index in [1.54, 1.807) is 30.5 Å². The molecule has 1 fully saturated rings. The van der Waals surface area contributed by atoms with Gasteiger partial charge in [-0.15, -0.1) is 0 Å². The summed E-state index contributed by atoms with van der Waals surface area (Å²) in [7, 11) is 0. The normalized spacial score (nSPS) is 16.6. The summed E-state index contributed by atoms with van der Waals surface area (Å²) in [6, 6.07) is 7.03. The van der Waals surface area contributed by atoms with E-state index in [0.29, 0.717) is 34.8 Å². The fourth-order valence-corrected chi connectivity index (χ4v) is 4.83. The molecule has 0 atom stereocenters. The van der Waals surface area contributed by atoms with Crippen LogP contribution in [0.25, 0.3) is 11.4 Å². The number of nitrogen functional groups attached to an aromatic ring is 1. The summed E-state index contributed by atoms with van der Waals surface area (Å²) in [5.41, 5.74) is 10.1. The van der Waals surface area contributed by atoms with E-state index in [-0.39, 0.29) is 23.2 Å². The topological polar surface area (TPSA) is 130 Å². The van der Waals surface area contributed by atoms with Gasteiger partial charge >= 0.3 is 0 Å². The summed E-state index contributed by atoms with van der Waals surface area (Å²) >= 11 is 0. The second-order valence-electron chi connectivity index (χ2n) is 9.37. The van der Waals surface area contributed by atoms with Crippen LogP contribution in [0, 0.1) is 0 Å². The minimum atomic E-state index is -0.341. The number of piperidine rings is 1. The van der Waals surface area contributed by atoms with Crippen molar-refractivity contribution >= 4 is 23.5 Å². The van der Waals surface area contributed by atoms with Crippen molar-refractivity contribution in [2.24, 2.45) is 0 Å². The summed E-state index contributed by atoms with van der Waals surface area (Å²) in [6.07, 6.45) is 5.67. The van der Waals surface area contributed by atoms with Gasteiger partial charge in [-0.25, -0.2) is 9.97 Å². The molecule has 1 saturated heterocycles. The second kappa shape index (κ2) is 7.99. The molecule has 0 spiro atoms. The molecule has 0 unspecified atom stereocenters. The third kappa shape index (κ3) is 3.83. The molecule has 1 aliphatic heterocycles. The first-order valence-electron chi connectivity index (χ1n) is 11.2. The number of carbonyl (C=O) groups is 2. The number of benzene rings is 1. The van der Waals surface area contributed by atoms with Crippen LogP contribution >= 0.6 is 0 Å². The molecule has 1 aromatic carbocycles. The number of likely N-dealkylation sites (tertiary alicyclic amines) is 1. The molecule has 0 saturated carbocycles. The molecular weight excluding hydrogens is 418 g/mol. The van der Waals surface area contributed by atoms with Crippen molar-refractivity contribution in [3.05, 3.63) is 52.8 Å². The largest absolute Gasteiger partial charge is 0.368 e. The number of anilines is 2. The molecule has 2 amide bonds. The Bertz CT molecular complexity index is 1220. The summed E-state index contributed by atoms with van der Waals surface area (Å²) in [5, 5.41) is 10.2. The van der Waals surface area contributed by atoms with Gasteiger partial charge in [-0.05, 0) is 60.9 Å². The van der Waals surface area contributed by atoms with E-state index in [1.807, 2.05) is 4.90 Å². The predicted molar refractivity (Wildman–Crippen MR) is 125 cm³/mol. The number of nitrogens with zero attached hydrogens (tertiary/aromatic N) is 4. The average Bonchev–Trinajstić information content (AvgIpc) is 3.27. The Labute approximate surface area is 191 Å². The average molecular weight is 446 g/mol. The molecule has 9 nitrogen and oxygen atoms in total. The zero-order chi connectivity index (χ0) is 23.2. The Morgan fingerprint density at radius 2 is 1.82 bits per heavy atom. The van der Waals surface area contributed by atoms with E-state index in [4.69, 9.17) is 5.73 Å². The van der Waals surface area contributed by atoms with Crippen molar-refractivity contribution < 1.29 is 9.59 Å². The minimum Gasteiger partial charge on any atom is -0.368 e. The highest BCUT2D eigenvalue weighted by atomic mass is 16.2. The van der Waals surface area contributed by atoms with E-state index in [1.165, 1.54) is 6.42 Å².